The van der Waals surface area contributed by atoms with Crippen LogP contribution in [0.5, 0.6) is 0 Å². The number of halogens is 1. The predicted molar refractivity (Wildman–Crippen MR) is 98.5 cm³/mol. The normalized spacial score (nSPS) is 11.1. The molecule has 5 nitrogen and oxygen atoms in total. The third kappa shape index (κ3) is 3.41. The molecule has 0 aliphatic rings. The third-order valence-corrected chi connectivity index (χ3v) is 3.86. The van der Waals surface area contributed by atoms with Crippen LogP contribution in [0.4, 0.5) is 5.69 Å². The van der Waals surface area contributed by atoms with Gasteiger partial charge in [0.05, 0.1) is 23.2 Å². The minimum Gasteiger partial charge on any atom is -0.295 e. The first-order valence-electron chi connectivity index (χ1n) is 7.48. The maximum Gasteiger partial charge on any atom is 0.280 e. The van der Waals surface area contributed by atoms with E-state index in [4.69, 9.17) is 11.6 Å². The highest BCUT2D eigenvalue weighted by molar-refractivity contribution is 6.30. The monoisotopic (exact) mass is 340 g/mol. The summed E-state index contributed by atoms with van der Waals surface area (Å²) in [5.41, 5.74) is 6.69. The lowest BCUT2D eigenvalue weighted by molar-refractivity contribution is 0.835. The fourth-order valence-corrected chi connectivity index (χ4v) is 2.49. The fraction of sp³-hybridized carbons (Fsp3) is 0.111. The number of aryl methyl sites for hydroxylation is 2. The van der Waals surface area contributed by atoms with Crippen molar-refractivity contribution < 1.29 is 0 Å². The van der Waals surface area contributed by atoms with E-state index in [1.807, 2.05) is 44.2 Å². The Morgan fingerprint density at radius 3 is 2.62 bits per heavy atom. The molecule has 2 N–H and O–H groups in total. The van der Waals surface area contributed by atoms with Crippen molar-refractivity contribution in [1.82, 2.24) is 9.78 Å². The summed E-state index contributed by atoms with van der Waals surface area (Å²) in [5.74, 6) is 0. The largest absolute Gasteiger partial charge is 0.295 e. The van der Waals surface area contributed by atoms with E-state index in [2.05, 4.69) is 15.6 Å². The van der Waals surface area contributed by atoms with Crippen molar-refractivity contribution in [3.8, 4) is 5.69 Å². The minimum absolute atomic E-state index is 0.177. The number of aromatic amines is 1. The summed E-state index contributed by atoms with van der Waals surface area (Å²) in [6.07, 6.45) is 1.52. The summed E-state index contributed by atoms with van der Waals surface area (Å²) in [5, 5.41) is 7.76. The van der Waals surface area contributed by atoms with Gasteiger partial charge in [0.25, 0.3) is 5.56 Å². The minimum atomic E-state index is -0.177. The van der Waals surface area contributed by atoms with Crippen LogP contribution in [0, 0.1) is 13.8 Å². The van der Waals surface area contributed by atoms with Crippen LogP contribution >= 0.6 is 11.6 Å². The number of nitrogens with zero attached hydrogens (tertiary/aromatic N) is 2. The second-order valence-electron chi connectivity index (χ2n) is 5.51. The number of aromatic nitrogens is 2. The van der Waals surface area contributed by atoms with E-state index in [-0.39, 0.29) is 5.56 Å². The van der Waals surface area contributed by atoms with Crippen LogP contribution in [-0.2, 0) is 0 Å². The molecule has 24 heavy (non-hydrogen) atoms. The van der Waals surface area contributed by atoms with Crippen LogP contribution in [0.2, 0.25) is 5.02 Å². The summed E-state index contributed by atoms with van der Waals surface area (Å²) in [7, 11) is 0. The Hall–Kier alpha value is -2.79. The number of hydrogen-bond donors (Lipinski definition) is 2. The van der Waals surface area contributed by atoms with Crippen LogP contribution in [0.3, 0.4) is 0 Å². The standard InChI is InChI=1S/C18H17ClN4O/c1-12-6-8-15(9-7-12)21-20-11-17-13(2)22-23(18(17)24)16-5-3-4-14(19)10-16/h3-11,21-22H,1-2H3. The van der Waals surface area contributed by atoms with Crippen LogP contribution in [0.15, 0.2) is 58.4 Å². The summed E-state index contributed by atoms with van der Waals surface area (Å²) in [4.78, 5) is 12.6. The van der Waals surface area contributed by atoms with Crippen LogP contribution in [0.1, 0.15) is 16.8 Å². The number of hydrazone groups is 1. The van der Waals surface area contributed by atoms with E-state index in [0.717, 1.165) is 11.4 Å². The van der Waals surface area contributed by atoms with Gasteiger partial charge in [-0.3, -0.25) is 15.3 Å². The van der Waals surface area contributed by atoms with Crippen molar-refractivity contribution in [2.24, 2.45) is 5.10 Å². The SMILES string of the molecule is Cc1ccc(NN=Cc2c(C)[nH]n(-c3cccc(Cl)c3)c2=O)cc1. The topological polar surface area (TPSA) is 62.2 Å². The number of rotatable bonds is 4. The highest BCUT2D eigenvalue weighted by atomic mass is 35.5. The molecule has 3 aromatic rings. The van der Waals surface area contributed by atoms with E-state index < -0.39 is 0 Å². The van der Waals surface area contributed by atoms with Gasteiger partial charge >= 0.3 is 0 Å². The Morgan fingerprint density at radius 1 is 1.17 bits per heavy atom. The summed E-state index contributed by atoms with van der Waals surface area (Å²) in [6.45, 7) is 3.85. The van der Waals surface area contributed by atoms with Gasteiger partial charge in [0.2, 0.25) is 0 Å². The Morgan fingerprint density at radius 2 is 1.92 bits per heavy atom. The third-order valence-electron chi connectivity index (χ3n) is 3.62. The van der Waals surface area contributed by atoms with Gasteiger partial charge in [-0.15, -0.1) is 0 Å². The summed E-state index contributed by atoms with van der Waals surface area (Å²) < 4.78 is 1.45. The van der Waals surface area contributed by atoms with E-state index in [0.29, 0.717) is 16.3 Å². The molecule has 0 saturated heterocycles. The molecular weight excluding hydrogens is 324 g/mol. The molecule has 0 saturated carbocycles. The van der Waals surface area contributed by atoms with Gasteiger partial charge in [-0.25, -0.2) is 4.68 Å². The van der Waals surface area contributed by atoms with Crippen LogP contribution in [0.25, 0.3) is 5.69 Å². The van der Waals surface area contributed by atoms with E-state index in [1.165, 1.54) is 16.5 Å². The van der Waals surface area contributed by atoms with Crippen molar-refractivity contribution in [3.05, 3.63) is 80.7 Å². The van der Waals surface area contributed by atoms with Gasteiger partial charge < -0.3 is 0 Å². The number of anilines is 1. The van der Waals surface area contributed by atoms with Crippen molar-refractivity contribution in [2.75, 3.05) is 5.43 Å². The van der Waals surface area contributed by atoms with Crippen molar-refractivity contribution in [2.45, 2.75) is 13.8 Å². The van der Waals surface area contributed by atoms with Crippen LogP contribution < -0.4 is 11.0 Å². The maximum absolute atomic E-state index is 12.6. The molecule has 122 valence electrons. The van der Waals surface area contributed by atoms with Crippen molar-refractivity contribution in [1.29, 1.82) is 0 Å². The molecule has 0 unspecified atom stereocenters. The quantitative estimate of drug-likeness (QED) is 0.559. The van der Waals surface area contributed by atoms with Crippen molar-refractivity contribution >= 4 is 23.5 Å². The first kappa shape index (κ1) is 16.1. The van der Waals surface area contributed by atoms with Gasteiger partial charge in [0.1, 0.15) is 0 Å². The maximum atomic E-state index is 12.6. The molecule has 0 amide bonds. The zero-order valence-corrected chi connectivity index (χ0v) is 14.1. The fourth-order valence-electron chi connectivity index (χ4n) is 2.31. The molecule has 0 radical (unpaired) electrons. The number of nitrogens with one attached hydrogen (secondary N) is 2. The molecule has 3 rings (SSSR count). The smallest absolute Gasteiger partial charge is 0.280 e. The number of hydrogen-bond acceptors (Lipinski definition) is 3. The number of H-pyrrole nitrogens is 1. The molecule has 2 aromatic carbocycles. The van der Waals surface area contributed by atoms with Gasteiger partial charge in [-0.2, -0.15) is 5.10 Å². The molecular formula is C18H17ClN4O. The Kier molecular flexibility index (Phi) is 4.53. The molecule has 0 spiro atoms. The summed E-state index contributed by atoms with van der Waals surface area (Å²) in [6, 6.07) is 14.9. The molecule has 0 aliphatic carbocycles. The molecule has 0 fully saturated rings. The van der Waals surface area contributed by atoms with E-state index in [1.54, 1.807) is 18.2 Å². The lowest BCUT2D eigenvalue weighted by Gasteiger charge is -2.01. The lowest BCUT2D eigenvalue weighted by atomic mass is 10.2. The lowest BCUT2D eigenvalue weighted by Crippen LogP contribution is -2.17. The molecule has 0 bridgehead atoms. The zero-order valence-electron chi connectivity index (χ0n) is 13.4. The molecule has 0 aliphatic heterocycles. The average Bonchev–Trinajstić information content (AvgIpc) is 2.85. The molecule has 1 heterocycles. The van der Waals surface area contributed by atoms with E-state index >= 15 is 0 Å². The Balaban J connectivity index is 1.85. The first-order chi connectivity index (χ1) is 11.5. The molecule has 6 heteroatoms. The summed E-state index contributed by atoms with van der Waals surface area (Å²) >= 11 is 5.99. The number of benzene rings is 2. The Bertz CT molecular complexity index is 938. The van der Waals surface area contributed by atoms with Crippen molar-refractivity contribution in [3.63, 3.8) is 0 Å². The Labute approximate surface area is 144 Å². The van der Waals surface area contributed by atoms with Gasteiger partial charge in [0, 0.05) is 10.7 Å². The predicted octanol–water partition coefficient (Wildman–Crippen LogP) is 3.88. The second kappa shape index (κ2) is 6.76. The van der Waals surface area contributed by atoms with Gasteiger partial charge in [-0.1, -0.05) is 35.4 Å². The van der Waals surface area contributed by atoms with Crippen LogP contribution in [-0.4, -0.2) is 16.0 Å². The van der Waals surface area contributed by atoms with Gasteiger partial charge in [-0.05, 0) is 44.2 Å². The van der Waals surface area contributed by atoms with E-state index in [9.17, 15) is 4.79 Å². The van der Waals surface area contributed by atoms with Gasteiger partial charge in [0.15, 0.2) is 0 Å². The average molecular weight is 341 g/mol. The second-order valence-corrected chi connectivity index (χ2v) is 5.94. The molecule has 1 aromatic heterocycles. The highest BCUT2D eigenvalue weighted by Crippen LogP contribution is 2.13. The molecule has 0 atom stereocenters. The zero-order chi connectivity index (χ0) is 17.1. The highest BCUT2D eigenvalue weighted by Gasteiger charge is 2.10. The first-order valence-corrected chi connectivity index (χ1v) is 7.86.